The number of carbonyl (C=O) groups excluding carboxylic acids is 1. The minimum absolute atomic E-state index is 0.0230. The van der Waals surface area contributed by atoms with Crippen LogP contribution in [-0.4, -0.2) is 95.4 Å². The number of amides is 1. The lowest BCUT2D eigenvalue weighted by Crippen LogP contribution is -2.61. The number of aromatic amines is 1. The molecule has 2 aromatic carbocycles. The van der Waals surface area contributed by atoms with Gasteiger partial charge in [0.15, 0.2) is 0 Å². The fourth-order valence-corrected chi connectivity index (χ4v) is 7.07. The normalized spacial score (nSPS) is 19.1. The summed E-state index contributed by atoms with van der Waals surface area (Å²) in [6.07, 6.45) is 7.29. The van der Waals surface area contributed by atoms with Crippen molar-refractivity contribution in [2.45, 2.75) is 38.7 Å². The van der Waals surface area contributed by atoms with Crippen molar-refractivity contribution in [3.05, 3.63) is 48.7 Å². The molecule has 0 aliphatic carbocycles. The SMILES string of the molecule is C=CC(=O)N1CC2(CCN(c3nc(OC4CCN(C)CC4)nc4cc(-c5c(C)ccc6[nH]ncc56)c(OC)cc34)CC2)C1. The standard InChI is InChI=1S/C33H39N7O3/c1-5-29(41)40-19-33(20-40)10-14-39(15-11-33)31-23-17-28(42-4)24(30-21(2)6-7-26-25(30)18-34-37-26)16-27(23)35-32(36-31)43-22-8-12-38(3)13-9-22/h5-7,16-18,22H,1,8-15,19-20H2,2-4H3,(H,34,37). The molecule has 10 heteroatoms. The Bertz CT molecular complexity index is 1690. The van der Waals surface area contributed by atoms with Gasteiger partial charge in [-0.1, -0.05) is 12.6 Å². The molecule has 0 radical (unpaired) electrons. The van der Waals surface area contributed by atoms with Gasteiger partial charge in [-0.2, -0.15) is 15.1 Å². The predicted molar refractivity (Wildman–Crippen MR) is 168 cm³/mol. The molecular formula is C33H39N7O3. The molecule has 0 atom stereocenters. The number of carbonyl (C=O) groups is 1. The number of nitrogens with zero attached hydrogens (tertiary/aromatic N) is 6. The van der Waals surface area contributed by atoms with Gasteiger partial charge in [0.1, 0.15) is 17.7 Å². The molecule has 0 bridgehead atoms. The minimum atomic E-state index is 0.0230. The van der Waals surface area contributed by atoms with Gasteiger partial charge in [-0.3, -0.25) is 9.89 Å². The topological polar surface area (TPSA) is 99.7 Å². The molecule has 43 heavy (non-hydrogen) atoms. The average molecular weight is 582 g/mol. The molecular weight excluding hydrogens is 542 g/mol. The van der Waals surface area contributed by atoms with Crippen LogP contribution in [0.4, 0.5) is 5.82 Å². The number of nitrogens with one attached hydrogen (secondary N) is 1. The fraction of sp³-hybridized carbons (Fsp3) is 0.455. The van der Waals surface area contributed by atoms with E-state index < -0.39 is 0 Å². The summed E-state index contributed by atoms with van der Waals surface area (Å²) in [6, 6.07) is 8.79. The Kier molecular flexibility index (Phi) is 6.96. The number of benzene rings is 2. The van der Waals surface area contributed by atoms with Crippen molar-refractivity contribution in [2.75, 3.05) is 58.3 Å². The maximum absolute atomic E-state index is 12.1. The second kappa shape index (κ2) is 10.8. The minimum Gasteiger partial charge on any atom is -0.496 e. The molecule has 3 aliphatic heterocycles. The second-order valence-electron chi connectivity index (χ2n) is 12.5. The van der Waals surface area contributed by atoms with Crippen molar-refractivity contribution in [2.24, 2.45) is 5.41 Å². The molecule has 3 aliphatic rings. The van der Waals surface area contributed by atoms with Gasteiger partial charge in [-0.25, -0.2) is 0 Å². The van der Waals surface area contributed by atoms with Crippen LogP contribution in [0.2, 0.25) is 0 Å². The smallest absolute Gasteiger partial charge is 0.319 e. The number of rotatable bonds is 6. The van der Waals surface area contributed by atoms with E-state index in [9.17, 15) is 4.79 Å². The third kappa shape index (κ3) is 4.97. The fourth-order valence-electron chi connectivity index (χ4n) is 7.07. The molecule has 1 spiro atoms. The van der Waals surface area contributed by atoms with E-state index in [1.165, 1.54) is 6.08 Å². The van der Waals surface area contributed by atoms with Crippen molar-refractivity contribution in [1.82, 2.24) is 30.0 Å². The van der Waals surface area contributed by atoms with Crippen LogP contribution in [0, 0.1) is 12.3 Å². The van der Waals surface area contributed by atoms with Gasteiger partial charge >= 0.3 is 6.01 Å². The number of hydrogen-bond acceptors (Lipinski definition) is 8. The Morgan fingerprint density at radius 3 is 2.58 bits per heavy atom. The first-order chi connectivity index (χ1) is 20.9. The van der Waals surface area contributed by atoms with Crippen LogP contribution in [-0.2, 0) is 4.79 Å². The Morgan fingerprint density at radius 1 is 1.09 bits per heavy atom. The zero-order chi connectivity index (χ0) is 29.7. The number of aryl methyl sites for hydroxylation is 1. The molecule has 1 N–H and O–H groups in total. The summed E-state index contributed by atoms with van der Waals surface area (Å²) < 4.78 is 12.5. The number of methoxy groups -OCH3 is 1. The quantitative estimate of drug-likeness (QED) is 0.331. The lowest BCUT2D eigenvalue weighted by Gasteiger charge is -2.54. The van der Waals surface area contributed by atoms with Gasteiger partial charge in [0.25, 0.3) is 0 Å². The Hall–Kier alpha value is -4.18. The number of fused-ring (bicyclic) bond motifs is 2. The first kappa shape index (κ1) is 27.6. The van der Waals surface area contributed by atoms with Crippen molar-refractivity contribution in [3.63, 3.8) is 0 Å². The molecule has 5 heterocycles. The van der Waals surface area contributed by atoms with Crippen LogP contribution < -0.4 is 14.4 Å². The summed E-state index contributed by atoms with van der Waals surface area (Å²) in [5.41, 5.74) is 5.16. The summed E-state index contributed by atoms with van der Waals surface area (Å²) >= 11 is 0. The second-order valence-corrected chi connectivity index (χ2v) is 12.5. The number of anilines is 1. The van der Waals surface area contributed by atoms with Gasteiger partial charge in [-0.05, 0) is 75.1 Å². The third-order valence-corrected chi connectivity index (χ3v) is 9.68. The number of H-pyrrole nitrogens is 1. The van der Waals surface area contributed by atoms with Crippen LogP contribution in [0.5, 0.6) is 11.8 Å². The number of ether oxygens (including phenoxy) is 2. The van der Waals surface area contributed by atoms with E-state index in [1.54, 1.807) is 7.11 Å². The zero-order valence-electron chi connectivity index (χ0n) is 25.2. The molecule has 0 saturated carbocycles. The highest BCUT2D eigenvalue weighted by Gasteiger charge is 2.46. The van der Waals surface area contributed by atoms with Crippen molar-refractivity contribution < 1.29 is 14.3 Å². The first-order valence-electron chi connectivity index (χ1n) is 15.2. The Balaban J connectivity index is 1.28. The van der Waals surface area contributed by atoms with Crippen molar-refractivity contribution in [3.8, 4) is 22.9 Å². The van der Waals surface area contributed by atoms with Gasteiger partial charge in [-0.15, -0.1) is 0 Å². The lowest BCUT2D eigenvalue weighted by atomic mass is 9.72. The van der Waals surface area contributed by atoms with Crippen LogP contribution >= 0.6 is 0 Å². The zero-order valence-corrected chi connectivity index (χ0v) is 25.2. The summed E-state index contributed by atoms with van der Waals surface area (Å²) in [5.74, 6) is 1.67. The number of aromatic nitrogens is 4. The maximum atomic E-state index is 12.1. The molecule has 224 valence electrons. The van der Waals surface area contributed by atoms with E-state index >= 15 is 0 Å². The van der Waals surface area contributed by atoms with Crippen molar-refractivity contribution >= 4 is 33.5 Å². The van der Waals surface area contributed by atoms with E-state index in [2.05, 4.69) is 64.8 Å². The van der Waals surface area contributed by atoms with E-state index in [4.69, 9.17) is 19.4 Å². The molecule has 7 rings (SSSR count). The van der Waals surface area contributed by atoms with Crippen LogP contribution in [0.3, 0.4) is 0 Å². The number of piperidine rings is 2. The number of likely N-dealkylation sites (tertiary alicyclic amines) is 2. The van der Waals surface area contributed by atoms with E-state index in [0.717, 1.165) is 115 Å². The van der Waals surface area contributed by atoms with Gasteiger partial charge in [0, 0.05) is 61.0 Å². The first-order valence-corrected chi connectivity index (χ1v) is 15.2. The summed E-state index contributed by atoms with van der Waals surface area (Å²) in [7, 11) is 3.86. The highest BCUT2D eigenvalue weighted by molar-refractivity contribution is 6.02. The molecule has 10 nitrogen and oxygen atoms in total. The average Bonchev–Trinajstić information content (AvgIpc) is 3.48. The monoisotopic (exact) mass is 581 g/mol. The van der Waals surface area contributed by atoms with Crippen molar-refractivity contribution in [1.29, 1.82) is 0 Å². The molecule has 2 aromatic heterocycles. The maximum Gasteiger partial charge on any atom is 0.319 e. The summed E-state index contributed by atoms with van der Waals surface area (Å²) in [4.78, 5) is 28.7. The van der Waals surface area contributed by atoms with E-state index in [-0.39, 0.29) is 17.4 Å². The highest BCUT2D eigenvalue weighted by atomic mass is 16.5. The van der Waals surface area contributed by atoms with Gasteiger partial charge < -0.3 is 24.2 Å². The van der Waals surface area contributed by atoms with E-state index in [0.29, 0.717) is 6.01 Å². The van der Waals surface area contributed by atoms with Crippen LogP contribution in [0.25, 0.3) is 32.9 Å². The van der Waals surface area contributed by atoms with E-state index in [1.807, 2.05) is 11.1 Å². The lowest BCUT2D eigenvalue weighted by molar-refractivity contribution is -0.139. The third-order valence-electron chi connectivity index (χ3n) is 9.68. The Labute approximate surface area is 251 Å². The number of hydrogen-bond donors (Lipinski definition) is 1. The molecule has 3 saturated heterocycles. The van der Waals surface area contributed by atoms with Gasteiger partial charge in [0.2, 0.25) is 5.91 Å². The van der Waals surface area contributed by atoms with Gasteiger partial charge in [0.05, 0.1) is 24.3 Å². The van der Waals surface area contributed by atoms with Crippen LogP contribution in [0.15, 0.2) is 43.1 Å². The summed E-state index contributed by atoms with van der Waals surface area (Å²) in [5, 5.41) is 9.39. The Morgan fingerprint density at radius 2 is 1.86 bits per heavy atom. The largest absolute Gasteiger partial charge is 0.496 e. The highest BCUT2D eigenvalue weighted by Crippen LogP contribution is 2.44. The molecule has 1 amide bonds. The molecule has 4 aromatic rings. The molecule has 3 fully saturated rings. The summed E-state index contributed by atoms with van der Waals surface area (Å²) in [6.45, 7) is 11.1. The van der Waals surface area contributed by atoms with Crippen LogP contribution in [0.1, 0.15) is 31.2 Å². The molecule has 0 unspecified atom stereocenters. The predicted octanol–water partition coefficient (Wildman–Crippen LogP) is 4.58.